The first-order valence-corrected chi connectivity index (χ1v) is 8.90. The average molecular weight is 336 g/mol. The number of para-hydroxylation sites is 1. The zero-order chi connectivity index (χ0) is 17.1. The van der Waals surface area contributed by atoms with Crippen LogP contribution in [0, 0.1) is 11.8 Å². The van der Waals surface area contributed by atoms with Crippen LogP contribution in [-0.2, 0) is 20.7 Å². The first kappa shape index (κ1) is 14.8. The Balaban J connectivity index is 1.62. The molecule has 1 aromatic heterocycles. The third-order valence-electron chi connectivity index (χ3n) is 6.12. The second-order valence-electron chi connectivity index (χ2n) is 7.30. The van der Waals surface area contributed by atoms with E-state index < -0.39 is 0 Å². The van der Waals surface area contributed by atoms with Gasteiger partial charge in [-0.05, 0) is 31.4 Å². The van der Waals surface area contributed by atoms with Gasteiger partial charge in [-0.25, -0.2) is 0 Å². The highest BCUT2D eigenvalue weighted by atomic mass is 16.5. The number of aromatic nitrogens is 1. The molecule has 1 aromatic carbocycles. The summed E-state index contributed by atoms with van der Waals surface area (Å²) in [5.74, 6) is -0.308. The molecule has 0 saturated carbocycles. The Hall–Kier alpha value is -2.56. The predicted octanol–water partition coefficient (Wildman–Crippen LogP) is 2.73. The minimum absolute atomic E-state index is 0.0125. The molecule has 1 N–H and O–H groups in total. The van der Waals surface area contributed by atoms with E-state index >= 15 is 0 Å². The van der Waals surface area contributed by atoms with E-state index in [4.69, 9.17) is 4.74 Å². The van der Waals surface area contributed by atoms with Crippen molar-refractivity contribution < 1.29 is 14.3 Å². The van der Waals surface area contributed by atoms with Crippen molar-refractivity contribution in [3.63, 3.8) is 0 Å². The van der Waals surface area contributed by atoms with Gasteiger partial charge in [-0.2, -0.15) is 0 Å². The number of carbonyl (C=O) groups excluding carboxylic acids is 2. The number of benzene rings is 1. The minimum Gasteiger partial charge on any atom is -0.497 e. The van der Waals surface area contributed by atoms with Gasteiger partial charge in [0.05, 0.1) is 23.8 Å². The summed E-state index contributed by atoms with van der Waals surface area (Å²) in [5, 5.41) is 1.25. The van der Waals surface area contributed by atoms with Gasteiger partial charge in [-0.3, -0.25) is 4.79 Å². The maximum Gasteiger partial charge on any atom is 0.253 e. The summed E-state index contributed by atoms with van der Waals surface area (Å²) in [6.07, 6.45) is 3.99. The van der Waals surface area contributed by atoms with Crippen molar-refractivity contribution in [1.29, 1.82) is 0 Å². The number of H-pyrrole nitrogens is 1. The molecule has 1 unspecified atom stereocenters. The van der Waals surface area contributed by atoms with Crippen LogP contribution in [0.1, 0.15) is 30.6 Å². The van der Waals surface area contributed by atoms with E-state index in [1.54, 1.807) is 6.26 Å². The van der Waals surface area contributed by atoms with Gasteiger partial charge in [0.2, 0.25) is 0 Å². The zero-order valence-corrected chi connectivity index (χ0v) is 14.1. The number of rotatable bonds is 1. The summed E-state index contributed by atoms with van der Waals surface area (Å²) in [6.45, 7) is 2.61. The lowest BCUT2D eigenvalue weighted by Gasteiger charge is -2.46. The number of amides is 1. The molecule has 1 saturated heterocycles. The SMILES string of the molecule is C[C@H]1OC=C2C(=O)N3CCc4c([nH]c5ccccc45)[C@@H]3C[C@H]2C1C=O. The fourth-order valence-electron chi connectivity index (χ4n) is 4.80. The van der Waals surface area contributed by atoms with Crippen LogP contribution in [0.4, 0.5) is 0 Å². The normalized spacial score (nSPS) is 30.8. The van der Waals surface area contributed by atoms with Gasteiger partial charge < -0.3 is 19.4 Å². The van der Waals surface area contributed by atoms with Crippen LogP contribution in [0.5, 0.6) is 0 Å². The van der Waals surface area contributed by atoms with Crippen LogP contribution in [-0.4, -0.2) is 34.7 Å². The van der Waals surface area contributed by atoms with E-state index in [1.165, 1.54) is 10.9 Å². The monoisotopic (exact) mass is 336 g/mol. The van der Waals surface area contributed by atoms with Crippen LogP contribution >= 0.6 is 0 Å². The summed E-state index contributed by atoms with van der Waals surface area (Å²) in [7, 11) is 0. The third kappa shape index (κ3) is 1.95. The quantitative estimate of drug-likeness (QED) is 0.815. The molecular weight excluding hydrogens is 316 g/mol. The van der Waals surface area contributed by atoms with Gasteiger partial charge in [0.15, 0.2) is 0 Å². The number of carbonyl (C=O) groups is 2. The molecule has 3 aliphatic rings. The van der Waals surface area contributed by atoms with Crippen molar-refractivity contribution in [2.24, 2.45) is 11.8 Å². The molecular formula is C20H20N2O3. The van der Waals surface area contributed by atoms with Gasteiger partial charge in [-0.1, -0.05) is 18.2 Å². The standard InChI is InChI=1S/C20H20N2O3/c1-11-15(9-23)14-8-18-19-13(12-4-2-3-5-17(12)21-19)6-7-22(18)20(24)16(14)10-25-11/h2-5,9-11,14-15,18,21H,6-8H2,1H3/t11-,14+,15?,18+/m1/s1. The van der Waals surface area contributed by atoms with Gasteiger partial charge >= 0.3 is 0 Å². The van der Waals surface area contributed by atoms with Crippen molar-refractivity contribution in [3.05, 3.63) is 47.4 Å². The van der Waals surface area contributed by atoms with Crippen LogP contribution in [0.2, 0.25) is 0 Å². The van der Waals surface area contributed by atoms with E-state index in [2.05, 4.69) is 23.2 Å². The summed E-state index contributed by atoms with van der Waals surface area (Å²) in [6, 6.07) is 8.31. The maximum atomic E-state index is 13.0. The van der Waals surface area contributed by atoms with E-state index in [-0.39, 0.29) is 29.9 Å². The molecule has 5 heteroatoms. The molecule has 4 atom stereocenters. The minimum atomic E-state index is -0.263. The Morgan fingerprint density at radius 2 is 2.16 bits per heavy atom. The average Bonchev–Trinajstić information content (AvgIpc) is 3.01. The molecule has 5 nitrogen and oxygen atoms in total. The summed E-state index contributed by atoms with van der Waals surface area (Å²) >= 11 is 0. The summed E-state index contributed by atoms with van der Waals surface area (Å²) in [5.41, 5.74) is 4.24. The lowest BCUT2D eigenvalue weighted by atomic mass is 9.73. The molecule has 1 fully saturated rings. The van der Waals surface area contributed by atoms with Crippen molar-refractivity contribution in [3.8, 4) is 0 Å². The Kier molecular flexibility index (Phi) is 3.08. The van der Waals surface area contributed by atoms with Crippen molar-refractivity contribution in [2.75, 3.05) is 6.54 Å². The van der Waals surface area contributed by atoms with Crippen molar-refractivity contribution >= 4 is 23.1 Å². The van der Waals surface area contributed by atoms with E-state index in [1.807, 2.05) is 17.9 Å². The molecule has 0 aliphatic carbocycles. The number of aldehydes is 1. The molecule has 3 aliphatic heterocycles. The topological polar surface area (TPSA) is 62.4 Å². The molecule has 4 heterocycles. The number of fused-ring (bicyclic) bond motifs is 6. The van der Waals surface area contributed by atoms with Crippen molar-refractivity contribution in [2.45, 2.75) is 31.9 Å². The van der Waals surface area contributed by atoms with E-state index in [0.29, 0.717) is 12.1 Å². The van der Waals surface area contributed by atoms with Crippen LogP contribution in [0.25, 0.3) is 10.9 Å². The van der Waals surface area contributed by atoms with Gasteiger partial charge in [0, 0.05) is 29.1 Å². The molecule has 0 spiro atoms. The van der Waals surface area contributed by atoms with Crippen LogP contribution < -0.4 is 0 Å². The van der Waals surface area contributed by atoms with E-state index in [0.717, 1.165) is 30.3 Å². The molecule has 1 amide bonds. The van der Waals surface area contributed by atoms with Crippen LogP contribution in [0.15, 0.2) is 36.1 Å². The number of hydrogen-bond acceptors (Lipinski definition) is 3. The Bertz CT molecular complexity index is 913. The number of ether oxygens (including phenoxy) is 1. The Morgan fingerprint density at radius 3 is 3.00 bits per heavy atom. The van der Waals surface area contributed by atoms with Gasteiger partial charge in [0.25, 0.3) is 5.91 Å². The second-order valence-corrected chi connectivity index (χ2v) is 7.30. The molecule has 2 aromatic rings. The number of nitrogens with one attached hydrogen (secondary N) is 1. The maximum absolute atomic E-state index is 13.0. The molecule has 25 heavy (non-hydrogen) atoms. The highest BCUT2D eigenvalue weighted by Crippen LogP contribution is 2.47. The molecule has 0 radical (unpaired) electrons. The zero-order valence-electron chi connectivity index (χ0n) is 14.1. The summed E-state index contributed by atoms with van der Waals surface area (Å²) < 4.78 is 5.57. The lowest BCUT2D eigenvalue weighted by molar-refractivity contribution is -0.137. The highest BCUT2D eigenvalue weighted by molar-refractivity contribution is 5.96. The Labute approximate surface area is 145 Å². The largest absolute Gasteiger partial charge is 0.497 e. The third-order valence-corrected chi connectivity index (χ3v) is 6.12. The first-order valence-electron chi connectivity index (χ1n) is 8.90. The fourth-order valence-corrected chi connectivity index (χ4v) is 4.80. The molecule has 5 rings (SSSR count). The predicted molar refractivity (Wildman–Crippen MR) is 92.7 cm³/mol. The smallest absolute Gasteiger partial charge is 0.253 e. The van der Waals surface area contributed by atoms with Crippen LogP contribution in [0.3, 0.4) is 0 Å². The number of aromatic amines is 1. The van der Waals surface area contributed by atoms with Crippen molar-refractivity contribution in [1.82, 2.24) is 9.88 Å². The second kappa shape index (κ2) is 5.22. The van der Waals surface area contributed by atoms with Gasteiger partial charge in [-0.15, -0.1) is 0 Å². The lowest BCUT2D eigenvalue weighted by Crippen LogP contribution is -2.50. The number of hydrogen-bond donors (Lipinski definition) is 1. The number of piperidine rings is 1. The molecule has 128 valence electrons. The first-order chi connectivity index (χ1) is 12.2. The highest BCUT2D eigenvalue weighted by Gasteiger charge is 2.47. The number of nitrogens with zero attached hydrogens (tertiary/aromatic N) is 1. The van der Waals surface area contributed by atoms with E-state index in [9.17, 15) is 9.59 Å². The fraction of sp³-hybridized carbons (Fsp3) is 0.400. The summed E-state index contributed by atoms with van der Waals surface area (Å²) in [4.78, 5) is 30.2. The van der Waals surface area contributed by atoms with Gasteiger partial charge in [0.1, 0.15) is 12.4 Å². The molecule has 0 bridgehead atoms. The Morgan fingerprint density at radius 1 is 1.32 bits per heavy atom.